The summed E-state index contributed by atoms with van der Waals surface area (Å²) in [5.74, 6) is -0.323. The molecule has 2 amide bonds. The number of amides is 2. The molecular formula is C17H12N4O4S2. The maximum absolute atomic E-state index is 12.7. The molecule has 0 atom stereocenters. The Kier molecular flexibility index (Phi) is 4.50. The van der Waals surface area contributed by atoms with Crippen LogP contribution in [-0.2, 0) is 9.59 Å². The Morgan fingerprint density at radius 3 is 2.96 bits per heavy atom. The summed E-state index contributed by atoms with van der Waals surface area (Å²) in [5.41, 5.74) is 1.94. The van der Waals surface area contributed by atoms with E-state index in [4.69, 9.17) is 0 Å². The van der Waals surface area contributed by atoms with E-state index in [9.17, 15) is 19.7 Å². The molecule has 0 bridgehead atoms. The third-order valence-corrected chi connectivity index (χ3v) is 6.10. The number of hydrogen-bond acceptors (Lipinski definition) is 7. The predicted molar refractivity (Wildman–Crippen MR) is 104 cm³/mol. The number of anilines is 2. The topological polar surface area (TPSA) is 105 Å². The number of benzene rings is 2. The number of thiazole rings is 1. The second-order valence-electron chi connectivity index (χ2n) is 5.72. The predicted octanol–water partition coefficient (Wildman–Crippen LogP) is 3.28. The normalized spacial score (nSPS) is 13.3. The van der Waals surface area contributed by atoms with Crippen LogP contribution in [0.4, 0.5) is 17.1 Å². The number of carbonyl (C=O) groups is 2. The van der Waals surface area contributed by atoms with Gasteiger partial charge >= 0.3 is 0 Å². The highest BCUT2D eigenvalue weighted by Gasteiger charge is 2.26. The summed E-state index contributed by atoms with van der Waals surface area (Å²) in [6.07, 6.45) is 0. The monoisotopic (exact) mass is 400 g/mol. The lowest BCUT2D eigenvalue weighted by molar-refractivity contribution is -0.384. The molecule has 1 aromatic heterocycles. The third kappa shape index (κ3) is 3.49. The second-order valence-corrected chi connectivity index (χ2v) is 7.98. The van der Waals surface area contributed by atoms with Crippen LogP contribution in [0.15, 0.2) is 46.8 Å². The van der Waals surface area contributed by atoms with Crippen molar-refractivity contribution in [2.45, 2.75) is 4.34 Å². The van der Waals surface area contributed by atoms with Gasteiger partial charge in [0.2, 0.25) is 11.8 Å². The van der Waals surface area contributed by atoms with E-state index >= 15 is 0 Å². The maximum Gasteiger partial charge on any atom is 0.270 e. The molecule has 0 saturated heterocycles. The van der Waals surface area contributed by atoms with Gasteiger partial charge < -0.3 is 10.2 Å². The van der Waals surface area contributed by atoms with Crippen LogP contribution in [0.5, 0.6) is 0 Å². The summed E-state index contributed by atoms with van der Waals surface area (Å²) in [5, 5.41) is 13.6. The van der Waals surface area contributed by atoms with Crippen LogP contribution < -0.4 is 10.2 Å². The molecule has 8 nitrogen and oxygen atoms in total. The van der Waals surface area contributed by atoms with Gasteiger partial charge in [-0.05, 0) is 18.2 Å². The summed E-state index contributed by atoms with van der Waals surface area (Å²) in [4.78, 5) is 40.8. The standard InChI is InChI=1S/C17H12N4O4S2/c22-15-8-20(13-4-2-1-3-11(13)18-15)16(23)9-26-17-19-12-6-5-10(21(24)25)7-14(12)27-17/h1-7H,8-9H2,(H,18,22). The lowest BCUT2D eigenvalue weighted by Gasteiger charge is -2.28. The molecular weight excluding hydrogens is 388 g/mol. The molecule has 1 aliphatic rings. The molecule has 0 fully saturated rings. The summed E-state index contributed by atoms with van der Waals surface area (Å²) >= 11 is 2.55. The molecule has 10 heteroatoms. The number of non-ortho nitro benzene ring substituents is 1. The Bertz CT molecular complexity index is 1080. The first-order valence-electron chi connectivity index (χ1n) is 7.88. The number of carbonyl (C=O) groups excluding carboxylic acids is 2. The van der Waals surface area contributed by atoms with Crippen molar-refractivity contribution in [2.24, 2.45) is 0 Å². The number of thioether (sulfide) groups is 1. The minimum atomic E-state index is -0.450. The lowest BCUT2D eigenvalue weighted by Crippen LogP contribution is -2.43. The van der Waals surface area contributed by atoms with Crippen molar-refractivity contribution in [3.63, 3.8) is 0 Å². The molecule has 0 saturated carbocycles. The fraction of sp³-hybridized carbons (Fsp3) is 0.118. The zero-order valence-corrected chi connectivity index (χ0v) is 15.4. The highest BCUT2D eigenvalue weighted by atomic mass is 32.2. The number of nitrogens with zero attached hydrogens (tertiary/aromatic N) is 3. The van der Waals surface area contributed by atoms with Gasteiger partial charge in [-0.2, -0.15) is 0 Å². The molecule has 2 heterocycles. The van der Waals surface area contributed by atoms with E-state index in [1.165, 1.54) is 40.1 Å². The third-order valence-electron chi connectivity index (χ3n) is 3.95. The van der Waals surface area contributed by atoms with E-state index in [0.29, 0.717) is 25.9 Å². The summed E-state index contributed by atoms with van der Waals surface area (Å²) in [6, 6.07) is 11.6. The Morgan fingerprint density at radius 1 is 1.33 bits per heavy atom. The average Bonchev–Trinajstić information content (AvgIpc) is 3.07. The van der Waals surface area contributed by atoms with Gasteiger partial charge in [-0.15, -0.1) is 11.3 Å². The van der Waals surface area contributed by atoms with Crippen molar-refractivity contribution in [1.29, 1.82) is 0 Å². The Balaban J connectivity index is 1.50. The van der Waals surface area contributed by atoms with Gasteiger partial charge in [0.1, 0.15) is 6.54 Å². The van der Waals surface area contributed by atoms with Crippen LogP contribution in [0.3, 0.4) is 0 Å². The van der Waals surface area contributed by atoms with Crippen LogP contribution in [0.25, 0.3) is 10.2 Å². The Morgan fingerprint density at radius 2 is 2.15 bits per heavy atom. The summed E-state index contributed by atoms with van der Waals surface area (Å²) in [6.45, 7) is -0.0254. The number of nitro benzene ring substituents is 1. The minimum Gasteiger partial charge on any atom is -0.323 e. The van der Waals surface area contributed by atoms with Gasteiger partial charge in [-0.3, -0.25) is 19.7 Å². The van der Waals surface area contributed by atoms with Crippen LogP contribution in [-0.4, -0.2) is 34.0 Å². The van der Waals surface area contributed by atoms with Crippen LogP contribution >= 0.6 is 23.1 Å². The first kappa shape index (κ1) is 17.4. The lowest BCUT2D eigenvalue weighted by atomic mass is 10.2. The first-order chi connectivity index (χ1) is 13.0. The molecule has 1 N–H and O–H groups in total. The smallest absolute Gasteiger partial charge is 0.270 e. The molecule has 0 radical (unpaired) electrons. The number of para-hydroxylation sites is 2. The van der Waals surface area contributed by atoms with E-state index in [0.717, 1.165) is 0 Å². The van der Waals surface area contributed by atoms with Crippen LogP contribution in [0.1, 0.15) is 0 Å². The SMILES string of the molecule is O=C1CN(C(=O)CSc2nc3ccc([N+](=O)[O-])cc3s2)c2ccccc2N1. The van der Waals surface area contributed by atoms with E-state index in [1.54, 1.807) is 24.3 Å². The summed E-state index contributed by atoms with van der Waals surface area (Å²) in [7, 11) is 0. The molecule has 4 rings (SSSR count). The highest BCUT2D eigenvalue weighted by molar-refractivity contribution is 8.01. The quantitative estimate of drug-likeness (QED) is 0.409. The Labute approximate surface area is 161 Å². The number of rotatable bonds is 4. The highest BCUT2D eigenvalue weighted by Crippen LogP contribution is 2.33. The molecule has 1 aliphatic heterocycles. The second kappa shape index (κ2) is 6.97. The van der Waals surface area contributed by atoms with Gasteiger partial charge in [0, 0.05) is 12.1 Å². The van der Waals surface area contributed by atoms with Gasteiger partial charge in [0.05, 0.1) is 32.3 Å². The van der Waals surface area contributed by atoms with E-state index < -0.39 is 4.92 Å². The van der Waals surface area contributed by atoms with E-state index in [1.807, 2.05) is 6.07 Å². The van der Waals surface area contributed by atoms with Crippen molar-refractivity contribution >= 4 is 62.2 Å². The van der Waals surface area contributed by atoms with E-state index in [2.05, 4.69) is 10.3 Å². The van der Waals surface area contributed by atoms with Crippen LogP contribution in [0.2, 0.25) is 0 Å². The number of nitrogens with one attached hydrogen (secondary N) is 1. The van der Waals surface area contributed by atoms with Gasteiger partial charge in [-0.1, -0.05) is 23.9 Å². The minimum absolute atomic E-state index is 0.00899. The van der Waals surface area contributed by atoms with Gasteiger partial charge in [-0.25, -0.2) is 4.98 Å². The molecule has 2 aromatic carbocycles. The number of fused-ring (bicyclic) bond motifs is 2. The molecule has 0 aliphatic carbocycles. The number of hydrogen-bond donors (Lipinski definition) is 1. The van der Waals surface area contributed by atoms with Gasteiger partial charge in [0.15, 0.2) is 4.34 Å². The zero-order chi connectivity index (χ0) is 19.0. The van der Waals surface area contributed by atoms with E-state index in [-0.39, 0.29) is 29.8 Å². The number of nitro groups is 1. The largest absolute Gasteiger partial charge is 0.323 e. The number of aromatic nitrogens is 1. The van der Waals surface area contributed by atoms with Crippen molar-refractivity contribution in [1.82, 2.24) is 4.98 Å². The molecule has 3 aromatic rings. The molecule has 27 heavy (non-hydrogen) atoms. The fourth-order valence-corrected chi connectivity index (χ4v) is 4.70. The van der Waals surface area contributed by atoms with Crippen molar-refractivity contribution in [3.05, 3.63) is 52.6 Å². The summed E-state index contributed by atoms with van der Waals surface area (Å²) < 4.78 is 1.34. The van der Waals surface area contributed by atoms with Gasteiger partial charge in [0.25, 0.3) is 5.69 Å². The van der Waals surface area contributed by atoms with Crippen LogP contribution in [0, 0.1) is 10.1 Å². The molecule has 0 spiro atoms. The zero-order valence-electron chi connectivity index (χ0n) is 13.7. The van der Waals surface area contributed by atoms with Crippen molar-refractivity contribution in [2.75, 3.05) is 22.5 Å². The molecule has 136 valence electrons. The molecule has 0 unspecified atom stereocenters. The maximum atomic E-state index is 12.7. The Hall–Kier alpha value is -2.98. The fourth-order valence-electron chi connectivity index (χ4n) is 2.72. The van der Waals surface area contributed by atoms with Crippen molar-refractivity contribution in [3.8, 4) is 0 Å². The van der Waals surface area contributed by atoms with Crippen molar-refractivity contribution < 1.29 is 14.5 Å². The first-order valence-corrected chi connectivity index (χ1v) is 9.68. The average molecular weight is 400 g/mol.